The van der Waals surface area contributed by atoms with E-state index in [1.54, 1.807) is 12.3 Å². The fourth-order valence-electron chi connectivity index (χ4n) is 3.52. The van der Waals surface area contributed by atoms with E-state index in [0.29, 0.717) is 5.69 Å². The number of carbonyl (C=O) groups excluding carboxylic acids is 1. The van der Waals surface area contributed by atoms with E-state index in [4.69, 9.17) is 5.26 Å². The van der Waals surface area contributed by atoms with Gasteiger partial charge >= 0.3 is 6.03 Å². The van der Waals surface area contributed by atoms with Crippen molar-refractivity contribution in [2.75, 3.05) is 5.32 Å². The number of nitrogens with one attached hydrogen (secondary N) is 2. The highest BCUT2D eigenvalue weighted by Crippen LogP contribution is 2.36. The van der Waals surface area contributed by atoms with Gasteiger partial charge < -0.3 is 10.6 Å². The van der Waals surface area contributed by atoms with Gasteiger partial charge in [0, 0.05) is 11.9 Å². The molecule has 6 nitrogen and oxygen atoms in total. The second-order valence-electron chi connectivity index (χ2n) is 6.92. The Balaban J connectivity index is 1.85. The van der Waals surface area contributed by atoms with Crippen molar-refractivity contribution in [3.05, 3.63) is 53.1 Å². The lowest BCUT2D eigenvalue weighted by Crippen LogP contribution is -2.49. The molecule has 2 N–H and O–H groups in total. The Hall–Kier alpha value is -2.94. The highest BCUT2D eigenvalue weighted by molar-refractivity contribution is 5.90. The molecule has 1 aromatic carbocycles. The fraction of sp³-hybridized carbons (Fsp3) is 0.400. The van der Waals surface area contributed by atoms with Crippen LogP contribution in [0.3, 0.4) is 0 Å². The maximum absolute atomic E-state index is 12.7. The van der Waals surface area contributed by atoms with Gasteiger partial charge in [0.1, 0.15) is 6.07 Å². The second kappa shape index (κ2) is 7.52. The van der Waals surface area contributed by atoms with E-state index in [1.165, 1.54) is 0 Å². The lowest BCUT2D eigenvalue weighted by atomic mass is 9.79. The molecule has 26 heavy (non-hydrogen) atoms. The van der Waals surface area contributed by atoms with Crippen LogP contribution in [0.15, 0.2) is 30.5 Å². The van der Waals surface area contributed by atoms with Gasteiger partial charge in [-0.15, -0.1) is 0 Å². The number of amides is 2. The Morgan fingerprint density at radius 2 is 1.96 bits per heavy atom. The number of anilines is 1. The predicted octanol–water partition coefficient (Wildman–Crippen LogP) is 3.95. The third-order valence-corrected chi connectivity index (χ3v) is 4.95. The van der Waals surface area contributed by atoms with E-state index in [0.717, 1.165) is 48.9 Å². The molecule has 1 saturated carbocycles. The minimum absolute atomic E-state index is 0.129. The molecule has 2 aromatic rings. The zero-order valence-corrected chi connectivity index (χ0v) is 15.2. The third kappa shape index (κ3) is 3.83. The number of benzene rings is 1. The first-order valence-electron chi connectivity index (χ1n) is 8.92. The van der Waals surface area contributed by atoms with E-state index in [-0.39, 0.29) is 11.9 Å². The summed E-state index contributed by atoms with van der Waals surface area (Å²) in [6.07, 6.45) is 6.34. The lowest BCUT2D eigenvalue weighted by Gasteiger charge is -2.37. The van der Waals surface area contributed by atoms with Crippen LogP contribution in [0.4, 0.5) is 10.5 Å². The van der Waals surface area contributed by atoms with Gasteiger partial charge in [0.25, 0.3) is 0 Å². The van der Waals surface area contributed by atoms with Crippen molar-refractivity contribution < 1.29 is 4.79 Å². The van der Waals surface area contributed by atoms with Gasteiger partial charge in [-0.3, -0.25) is 0 Å². The smallest absolute Gasteiger partial charge is 0.319 e. The number of nitrogens with zero attached hydrogens (tertiary/aromatic N) is 3. The summed E-state index contributed by atoms with van der Waals surface area (Å²) in [5.41, 5.74) is 3.05. The number of urea groups is 1. The summed E-state index contributed by atoms with van der Waals surface area (Å²) in [6.45, 7) is 3.96. The Morgan fingerprint density at radius 1 is 1.19 bits per heavy atom. The first kappa shape index (κ1) is 17.9. The van der Waals surface area contributed by atoms with E-state index in [9.17, 15) is 4.79 Å². The summed E-state index contributed by atoms with van der Waals surface area (Å²) < 4.78 is 0. The second-order valence-corrected chi connectivity index (χ2v) is 6.92. The number of aryl methyl sites for hydroxylation is 2. The largest absolute Gasteiger partial charge is 0.327 e. The molecule has 3 rings (SSSR count). The summed E-state index contributed by atoms with van der Waals surface area (Å²) in [5.74, 6) is 0.129. The van der Waals surface area contributed by atoms with Crippen molar-refractivity contribution in [1.29, 1.82) is 5.26 Å². The van der Waals surface area contributed by atoms with Crippen molar-refractivity contribution in [3.63, 3.8) is 0 Å². The molecule has 1 fully saturated rings. The molecule has 0 radical (unpaired) electrons. The van der Waals surface area contributed by atoms with Crippen LogP contribution in [0, 0.1) is 25.2 Å². The average Bonchev–Trinajstić information content (AvgIpc) is 2.65. The van der Waals surface area contributed by atoms with Crippen LogP contribution in [0.1, 0.15) is 54.7 Å². The van der Waals surface area contributed by atoms with Gasteiger partial charge in [-0.25, -0.2) is 14.8 Å². The Labute approximate surface area is 153 Å². The van der Waals surface area contributed by atoms with E-state index in [2.05, 4.69) is 20.6 Å². The van der Waals surface area contributed by atoms with Gasteiger partial charge in [-0.2, -0.15) is 5.26 Å². The molecule has 0 unspecified atom stereocenters. The molecule has 0 saturated heterocycles. The normalized spacial score (nSPS) is 15.7. The molecule has 1 aliphatic rings. The molecule has 0 bridgehead atoms. The molecule has 2 amide bonds. The topological polar surface area (TPSA) is 90.7 Å². The third-order valence-electron chi connectivity index (χ3n) is 4.95. The number of carbonyl (C=O) groups is 1. The molecule has 0 atom stereocenters. The van der Waals surface area contributed by atoms with E-state index in [1.807, 2.05) is 38.1 Å². The monoisotopic (exact) mass is 349 g/mol. The summed E-state index contributed by atoms with van der Waals surface area (Å²) in [6, 6.07) is 9.49. The van der Waals surface area contributed by atoms with Crippen LogP contribution in [-0.2, 0) is 5.54 Å². The average molecular weight is 349 g/mol. The molecule has 6 heteroatoms. The molecule has 1 aliphatic carbocycles. The molecule has 1 heterocycles. The predicted molar refractivity (Wildman–Crippen MR) is 99.6 cm³/mol. The zero-order chi connectivity index (χ0) is 18.6. The number of hydrogen-bond acceptors (Lipinski definition) is 4. The number of rotatable bonds is 3. The van der Waals surface area contributed by atoms with Gasteiger partial charge in [0.05, 0.1) is 11.2 Å². The quantitative estimate of drug-likeness (QED) is 0.878. The van der Waals surface area contributed by atoms with Crippen molar-refractivity contribution in [2.45, 2.75) is 51.5 Å². The Bertz CT molecular complexity index is 850. The number of aromatic nitrogens is 2. The van der Waals surface area contributed by atoms with E-state index >= 15 is 0 Å². The van der Waals surface area contributed by atoms with Crippen molar-refractivity contribution in [1.82, 2.24) is 15.3 Å². The minimum atomic E-state index is -0.561. The molecule has 0 spiro atoms. The van der Waals surface area contributed by atoms with Crippen molar-refractivity contribution >= 4 is 11.7 Å². The minimum Gasteiger partial charge on any atom is -0.327 e. The first-order chi connectivity index (χ1) is 12.5. The van der Waals surface area contributed by atoms with Gasteiger partial charge in [0.15, 0.2) is 0 Å². The summed E-state index contributed by atoms with van der Waals surface area (Å²) in [7, 11) is 0. The zero-order valence-electron chi connectivity index (χ0n) is 15.2. The lowest BCUT2D eigenvalue weighted by molar-refractivity contribution is 0.209. The summed E-state index contributed by atoms with van der Waals surface area (Å²) >= 11 is 0. The van der Waals surface area contributed by atoms with Crippen molar-refractivity contribution in [3.8, 4) is 6.07 Å². The van der Waals surface area contributed by atoms with Gasteiger partial charge in [-0.1, -0.05) is 31.4 Å². The van der Waals surface area contributed by atoms with Crippen LogP contribution in [0.2, 0.25) is 0 Å². The Kier molecular flexibility index (Phi) is 5.17. The van der Waals surface area contributed by atoms with Crippen LogP contribution >= 0.6 is 0 Å². The SMILES string of the molecule is Cc1ccc(C)c(NC(=O)NC2(c3ccnc(C#N)n3)CCCCC2)c1. The van der Waals surface area contributed by atoms with Gasteiger partial charge in [-0.05, 0) is 49.9 Å². The fourth-order valence-corrected chi connectivity index (χ4v) is 3.52. The molecular weight excluding hydrogens is 326 g/mol. The van der Waals surface area contributed by atoms with Gasteiger partial charge in [0.2, 0.25) is 5.82 Å². The number of nitriles is 1. The Morgan fingerprint density at radius 3 is 2.69 bits per heavy atom. The molecule has 0 aliphatic heterocycles. The summed E-state index contributed by atoms with van der Waals surface area (Å²) in [4.78, 5) is 21.1. The standard InChI is InChI=1S/C20H23N5O/c1-14-6-7-15(2)16(12-14)23-19(26)25-20(9-4-3-5-10-20)17-8-11-22-18(13-21)24-17/h6-8,11-12H,3-5,9-10H2,1-2H3,(H2,23,25,26). The number of hydrogen-bond donors (Lipinski definition) is 2. The summed E-state index contributed by atoms with van der Waals surface area (Å²) in [5, 5.41) is 15.2. The molecular formula is C20H23N5O. The maximum atomic E-state index is 12.7. The van der Waals surface area contributed by atoms with Crippen LogP contribution in [0.25, 0.3) is 0 Å². The van der Waals surface area contributed by atoms with E-state index < -0.39 is 5.54 Å². The maximum Gasteiger partial charge on any atom is 0.319 e. The van der Waals surface area contributed by atoms with Crippen LogP contribution in [-0.4, -0.2) is 16.0 Å². The first-order valence-corrected chi connectivity index (χ1v) is 8.92. The molecule has 1 aromatic heterocycles. The van der Waals surface area contributed by atoms with Crippen LogP contribution in [0.5, 0.6) is 0 Å². The van der Waals surface area contributed by atoms with Crippen LogP contribution < -0.4 is 10.6 Å². The van der Waals surface area contributed by atoms with Crippen molar-refractivity contribution in [2.24, 2.45) is 0 Å². The molecule has 134 valence electrons. The highest BCUT2D eigenvalue weighted by Gasteiger charge is 2.37. The highest BCUT2D eigenvalue weighted by atomic mass is 16.2.